The fourth-order valence-electron chi connectivity index (χ4n) is 0.802. The third-order valence-electron chi connectivity index (χ3n) is 1.26. The quantitative estimate of drug-likeness (QED) is 0.447. The zero-order chi connectivity index (χ0) is 11.5. The highest BCUT2D eigenvalue weighted by Gasteiger charge is 2.29. The minimum atomic E-state index is -4.38. The molecule has 0 amide bonds. The molecule has 1 aromatic carbocycles. The van der Waals surface area contributed by atoms with Crippen molar-refractivity contribution in [3.63, 3.8) is 0 Å². The molecule has 1 aromatic rings. The first kappa shape index (κ1) is 11.8. The van der Waals surface area contributed by atoms with Gasteiger partial charge in [-0.3, -0.25) is 0 Å². The third-order valence-corrected chi connectivity index (χ3v) is 1.99. The largest absolute Gasteiger partial charge is 0.500 e. The minimum Gasteiger partial charge on any atom is -0.401 e. The van der Waals surface area contributed by atoms with Gasteiger partial charge in [0.1, 0.15) is 5.75 Å². The van der Waals surface area contributed by atoms with Gasteiger partial charge in [0, 0.05) is 4.90 Å². The van der Waals surface area contributed by atoms with Gasteiger partial charge in [-0.25, -0.2) is 4.79 Å². The van der Waals surface area contributed by atoms with Crippen LogP contribution in [0.5, 0.6) is 5.75 Å². The predicted molar refractivity (Wildman–Crippen MR) is 45.5 cm³/mol. The molecule has 2 nitrogen and oxygen atoms in total. The molecular formula is C8H4F4O2S. The van der Waals surface area contributed by atoms with Crippen LogP contribution in [0.3, 0.4) is 0 Å². The van der Waals surface area contributed by atoms with Crippen LogP contribution in [0.4, 0.5) is 22.4 Å². The number of hydrogen-bond acceptors (Lipinski definition) is 3. The van der Waals surface area contributed by atoms with Crippen LogP contribution in [0.1, 0.15) is 0 Å². The summed E-state index contributed by atoms with van der Waals surface area (Å²) in [5, 5.41) is 0. The van der Waals surface area contributed by atoms with E-state index in [1.807, 2.05) is 0 Å². The van der Waals surface area contributed by atoms with E-state index in [-0.39, 0.29) is 22.4 Å². The maximum Gasteiger partial charge on any atom is 0.500 e. The lowest BCUT2D eigenvalue weighted by Crippen LogP contribution is -1.99. The molecule has 0 aliphatic carbocycles. The molecule has 82 valence electrons. The molecule has 0 aliphatic heterocycles. The summed E-state index contributed by atoms with van der Waals surface area (Å²) >= 11 is -0.306. The number of benzene rings is 1. The van der Waals surface area contributed by atoms with Crippen LogP contribution in [0.2, 0.25) is 0 Å². The fourth-order valence-corrected chi connectivity index (χ4v) is 1.34. The molecule has 1 rings (SSSR count). The third kappa shape index (κ3) is 4.68. The van der Waals surface area contributed by atoms with E-state index in [2.05, 4.69) is 4.74 Å². The summed E-state index contributed by atoms with van der Waals surface area (Å²) in [6.07, 6.45) is -2.01. The topological polar surface area (TPSA) is 26.3 Å². The average Bonchev–Trinajstić information content (AvgIpc) is 2.05. The Morgan fingerprint density at radius 2 is 1.73 bits per heavy atom. The van der Waals surface area contributed by atoms with Crippen molar-refractivity contribution < 1.29 is 27.1 Å². The maximum absolute atomic E-state index is 11.9. The Morgan fingerprint density at radius 1 is 1.20 bits per heavy atom. The Bertz CT molecular complexity index is 347. The Hall–Kier alpha value is -1.24. The second-order valence-electron chi connectivity index (χ2n) is 2.36. The highest BCUT2D eigenvalue weighted by molar-refractivity contribution is 8.00. The molecule has 0 unspecified atom stereocenters. The van der Waals surface area contributed by atoms with Crippen LogP contribution in [0.25, 0.3) is 0 Å². The molecule has 0 atom stereocenters. The van der Waals surface area contributed by atoms with Crippen LogP contribution < -0.4 is 4.74 Å². The zero-order valence-electron chi connectivity index (χ0n) is 7.05. The summed E-state index contributed by atoms with van der Waals surface area (Å²) < 4.78 is 51.3. The van der Waals surface area contributed by atoms with Crippen molar-refractivity contribution in [3.8, 4) is 5.75 Å². The molecule has 0 saturated carbocycles. The first-order valence-corrected chi connectivity index (χ1v) is 4.41. The zero-order valence-corrected chi connectivity index (χ0v) is 7.86. The molecule has 0 N–H and O–H groups in total. The molecule has 0 saturated heterocycles. The van der Waals surface area contributed by atoms with E-state index in [1.54, 1.807) is 0 Å². The fraction of sp³-hybridized carbons (Fsp3) is 0.125. The van der Waals surface area contributed by atoms with Crippen LogP contribution in [-0.4, -0.2) is 11.7 Å². The first-order valence-electron chi connectivity index (χ1n) is 3.60. The summed E-state index contributed by atoms with van der Waals surface area (Å²) in [6, 6.07) is 4.31. The monoisotopic (exact) mass is 240 g/mol. The number of hydrogen-bond donors (Lipinski definition) is 0. The van der Waals surface area contributed by atoms with E-state index in [1.165, 1.54) is 0 Å². The van der Waals surface area contributed by atoms with Crippen molar-refractivity contribution in [1.29, 1.82) is 0 Å². The van der Waals surface area contributed by atoms with Gasteiger partial charge in [0.2, 0.25) is 0 Å². The van der Waals surface area contributed by atoms with Crippen LogP contribution in [0, 0.1) is 0 Å². The Balaban J connectivity index is 2.68. The first-order chi connectivity index (χ1) is 6.87. The normalized spacial score (nSPS) is 11.2. The number of rotatable bonds is 2. The van der Waals surface area contributed by atoms with Gasteiger partial charge >= 0.3 is 11.7 Å². The number of carbonyl (C=O) groups excluding carboxylic acids is 1. The van der Waals surface area contributed by atoms with Gasteiger partial charge < -0.3 is 4.74 Å². The Labute approximate surface area is 86.2 Å². The molecule has 7 heteroatoms. The van der Waals surface area contributed by atoms with Gasteiger partial charge in [-0.05, 0) is 36.0 Å². The smallest absolute Gasteiger partial charge is 0.401 e. The summed E-state index contributed by atoms with van der Waals surface area (Å²) in [5.74, 6) is -0.144. The van der Waals surface area contributed by atoms with Gasteiger partial charge in [-0.2, -0.15) is 13.2 Å². The van der Waals surface area contributed by atoms with Crippen molar-refractivity contribution >= 4 is 18.0 Å². The van der Waals surface area contributed by atoms with Crippen molar-refractivity contribution in [2.75, 3.05) is 0 Å². The lowest BCUT2D eigenvalue weighted by molar-refractivity contribution is -0.0328. The average molecular weight is 240 g/mol. The van der Waals surface area contributed by atoms with Crippen molar-refractivity contribution in [2.45, 2.75) is 10.4 Å². The SMILES string of the molecule is O=C(F)Oc1ccc(SC(F)(F)F)cc1. The molecule has 15 heavy (non-hydrogen) atoms. The molecule has 0 aromatic heterocycles. The van der Waals surface area contributed by atoms with E-state index in [0.29, 0.717) is 0 Å². The van der Waals surface area contributed by atoms with E-state index in [0.717, 1.165) is 24.3 Å². The summed E-state index contributed by atoms with van der Waals surface area (Å²) in [6.45, 7) is 0. The number of thioether (sulfide) groups is 1. The molecule has 0 bridgehead atoms. The second-order valence-corrected chi connectivity index (χ2v) is 3.50. The molecule has 0 heterocycles. The molecule has 0 aliphatic rings. The lowest BCUT2D eigenvalue weighted by Gasteiger charge is -2.05. The van der Waals surface area contributed by atoms with E-state index in [9.17, 15) is 22.4 Å². The van der Waals surface area contributed by atoms with Gasteiger partial charge in [0.15, 0.2) is 0 Å². The lowest BCUT2D eigenvalue weighted by atomic mass is 10.3. The van der Waals surface area contributed by atoms with Crippen molar-refractivity contribution in [3.05, 3.63) is 24.3 Å². The second kappa shape index (κ2) is 4.52. The van der Waals surface area contributed by atoms with Gasteiger partial charge in [0.25, 0.3) is 0 Å². The Kier molecular flexibility index (Phi) is 3.57. The van der Waals surface area contributed by atoms with Crippen molar-refractivity contribution in [1.82, 2.24) is 0 Å². The molecule has 0 fully saturated rings. The predicted octanol–water partition coefficient (Wildman–Crippen LogP) is 3.77. The number of halogens is 4. The molecule has 0 spiro atoms. The van der Waals surface area contributed by atoms with E-state index in [4.69, 9.17) is 0 Å². The number of carbonyl (C=O) groups is 1. The van der Waals surface area contributed by atoms with Crippen LogP contribution in [-0.2, 0) is 0 Å². The minimum absolute atomic E-state index is 0.0684. The standard InChI is InChI=1S/C8H4F4O2S/c9-7(13)14-5-1-3-6(4-2-5)15-8(10,11)12/h1-4H. The van der Waals surface area contributed by atoms with E-state index >= 15 is 0 Å². The molecule has 0 radical (unpaired) electrons. The van der Waals surface area contributed by atoms with Crippen LogP contribution in [0.15, 0.2) is 29.2 Å². The number of alkyl halides is 3. The van der Waals surface area contributed by atoms with Gasteiger partial charge in [-0.15, -0.1) is 4.39 Å². The Morgan fingerprint density at radius 3 is 2.13 bits per heavy atom. The number of ether oxygens (including phenoxy) is 1. The van der Waals surface area contributed by atoms with Gasteiger partial charge in [-0.1, -0.05) is 0 Å². The summed E-state index contributed by atoms with van der Waals surface area (Å²) in [7, 11) is 0. The van der Waals surface area contributed by atoms with Gasteiger partial charge in [0.05, 0.1) is 0 Å². The van der Waals surface area contributed by atoms with Crippen LogP contribution >= 0.6 is 11.8 Å². The summed E-state index contributed by atoms with van der Waals surface area (Å²) in [4.78, 5) is 9.78. The highest BCUT2D eigenvalue weighted by atomic mass is 32.2. The maximum atomic E-state index is 11.9. The van der Waals surface area contributed by atoms with E-state index < -0.39 is 11.7 Å². The molecular weight excluding hydrogens is 236 g/mol. The van der Waals surface area contributed by atoms with Crippen molar-refractivity contribution in [2.24, 2.45) is 0 Å². The summed E-state index contributed by atoms with van der Waals surface area (Å²) in [5.41, 5.74) is -4.38. The highest BCUT2D eigenvalue weighted by Crippen LogP contribution is 2.37.